The molecule has 4 aliphatic rings. The molecule has 0 aromatic rings. The van der Waals surface area contributed by atoms with Crippen LogP contribution in [-0.2, 0) is 9.47 Å². The molecule has 1 heterocycles. The molecule has 3 fully saturated rings. The molecular weight excluding hydrogens is 250 g/mol. The first kappa shape index (κ1) is 12.9. The van der Waals surface area contributed by atoms with Gasteiger partial charge >= 0.3 is 0 Å². The van der Waals surface area contributed by atoms with E-state index in [9.17, 15) is 0 Å². The number of ether oxygens (including phenoxy) is 2. The molecule has 1 aliphatic heterocycles. The van der Waals surface area contributed by atoms with Gasteiger partial charge in [-0.05, 0) is 49.0 Å². The summed E-state index contributed by atoms with van der Waals surface area (Å²) in [4.78, 5) is 0. The van der Waals surface area contributed by atoms with Crippen molar-refractivity contribution in [2.24, 2.45) is 29.4 Å². The topological polar surface area (TPSA) is 44.5 Å². The van der Waals surface area contributed by atoms with E-state index in [1.165, 1.54) is 25.7 Å². The van der Waals surface area contributed by atoms with E-state index >= 15 is 0 Å². The average molecular weight is 275 g/mol. The maximum Gasteiger partial charge on any atom is 0.168 e. The first-order valence-corrected chi connectivity index (χ1v) is 8.19. The Morgan fingerprint density at radius 2 is 2.00 bits per heavy atom. The summed E-state index contributed by atoms with van der Waals surface area (Å²) in [6, 6.07) is 0. The van der Waals surface area contributed by atoms with Crippen molar-refractivity contribution in [3.63, 3.8) is 0 Å². The minimum absolute atomic E-state index is 0.228. The van der Waals surface area contributed by atoms with Crippen molar-refractivity contribution < 1.29 is 9.47 Å². The van der Waals surface area contributed by atoms with E-state index in [2.05, 4.69) is 18.2 Å². The van der Waals surface area contributed by atoms with Crippen LogP contribution in [0, 0.1) is 23.7 Å². The van der Waals surface area contributed by atoms with Crippen molar-refractivity contribution in [3.05, 3.63) is 23.9 Å². The molecule has 4 rings (SSSR count). The molecule has 3 nitrogen and oxygen atoms in total. The fourth-order valence-corrected chi connectivity index (χ4v) is 4.99. The summed E-state index contributed by atoms with van der Waals surface area (Å²) in [6.45, 7) is 1.56. The summed E-state index contributed by atoms with van der Waals surface area (Å²) >= 11 is 0. The predicted molar refractivity (Wildman–Crippen MR) is 77.7 cm³/mol. The van der Waals surface area contributed by atoms with Crippen LogP contribution in [0.15, 0.2) is 23.9 Å². The summed E-state index contributed by atoms with van der Waals surface area (Å²) in [5, 5.41) is 0. The molecule has 0 bridgehead atoms. The van der Waals surface area contributed by atoms with Crippen LogP contribution in [0.2, 0.25) is 0 Å². The van der Waals surface area contributed by atoms with Crippen molar-refractivity contribution in [2.45, 2.75) is 44.3 Å². The first-order chi connectivity index (χ1) is 9.76. The number of nitrogens with two attached hydrogens (primary N) is 1. The maximum atomic E-state index is 5.99. The van der Waals surface area contributed by atoms with Crippen molar-refractivity contribution in [1.82, 2.24) is 0 Å². The molecule has 110 valence electrons. The predicted octanol–water partition coefficient (Wildman–Crippen LogP) is 2.97. The van der Waals surface area contributed by atoms with Crippen LogP contribution in [-0.4, -0.2) is 19.0 Å². The molecule has 20 heavy (non-hydrogen) atoms. The normalized spacial score (nSPS) is 42.7. The van der Waals surface area contributed by atoms with Gasteiger partial charge in [0.2, 0.25) is 0 Å². The van der Waals surface area contributed by atoms with E-state index in [1.54, 1.807) is 0 Å². The van der Waals surface area contributed by atoms with E-state index < -0.39 is 0 Å². The van der Waals surface area contributed by atoms with E-state index in [-0.39, 0.29) is 5.79 Å². The Morgan fingerprint density at radius 3 is 2.85 bits per heavy atom. The van der Waals surface area contributed by atoms with Gasteiger partial charge in [-0.2, -0.15) is 0 Å². The second kappa shape index (κ2) is 4.88. The number of hydrogen-bond donors (Lipinski definition) is 1. The fraction of sp³-hybridized carbons (Fsp3) is 0.765. The first-order valence-electron chi connectivity index (χ1n) is 8.19. The van der Waals surface area contributed by atoms with Gasteiger partial charge in [0, 0.05) is 18.5 Å². The quantitative estimate of drug-likeness (QED) is 0.739. The zero-order valence-electron chi connectivity index (χ0n) is 12.1. The molecule has 2 saturated carbocycles. The van der Waals surface area contributed by atoms with Crippen molar-refractivity contribution >= 4 is 0 Å². The highest BCUT2D eigenvalue weighted by atomic mass is 16.7. The van der Waals surface area contributed by atoms with Crippen molar-refractivity contribution in [2.75, 3.05) is 13.2 Å². The second-order valence-corrected chi connectivity index (χ2v) is 6.97. The Morgan fingerprint density at radius 1 is 1.15 bits per heavy atom. The monoisotopic (exact) mass is 275 g/mol. The average Bonchev–Trinajstić information content (AvgIpc) is 2.80. The molecule has 3 heteroatoms. The zero-order chi connectivity index (χ0) is 13.6. The lowest BCUT2D eigenvalue weighted by atomic mass is 9.66. The summed E-state index contributed by atoms with van der Waals surface area (Å²) in [5.74, 6) is 2.67. The minimum atomic E-state index is -0.228. The standard InChI is InChI=1S/C17H25NO2/c18-14-4-5-15-12(10-14)2-1-3-13-11-17(7-6-16(13)15)19-8-9-20-17/h4-5,10,12-13,15-16H,1-3,6-9,11,18H2. The van der Waals surface area contributed by atoms with Crippen molar-refractivity contribution in [3.8, 4) is 0 Å². The summed E-state index contributed by atoms with van der Waals surface area (Å²) in [6.07, 6.45) is 14.2. The van der Waals surface area contributed by atoms with Gasteiger partial charge in [0.1, 0.15) is 0 Å². The van der Waals surface area contributed by atoms with E-state index in [0.29, 0.717) is 11.8 Å². The molecule has 3 aliphatic carbocycles. The van der Waals surface area contributed by atoms with Crippen LogP contribution in [0.4, 0.5) is 0 Å². The van der Waals surface area contributed by atoms with Crippen LogP contribution in [0.5, 0.6) is 0 Å². The molecule has 4 unspecified atom stereocenters. The lowest BCUT2D eigenvalue weighted by Gasteiger charge is -2.44. The van der Waals surface area contributed by atoms with Crippen LogP contribution < -0.4 is 5.73 Å². The minimum Gasteiger partial charge on any atom is -0.399 e. The van der Waals surface area contributed by atoms with Gasteiger partial charge in [0.15, 0.2) is 5.79 Å². The third kappa shape index (κ3) is 2.11. The molecule has 2 N–H and O–H groups in total. The largest absolute Gasteiger partial charge is 0.399 e. The highest BCUT2D eigenvalue weighted by molar-refractivity contribution is 5.24. The summed E-state index contributed by atoms with van der Waals surface area (Å²) in [7, 11) is 0. The number of rotatable bonds is 0. The maximum absolute atomic E-state index is 5.99. The van der Waals surface area contributed by atoms with Gasteiger partial charge in [0.05, 0.1) is 13.2 Å². The Kier molecular flexibility index (Phi) is 3.15. The molecule has 4 atom stereocenters. The molecule has 0 radical (unpaired) electrons. The fourth-order valence-electron chi connectivity index (χ4n) is 4.99. The second-order valence-electron chi connectivity index (χ2n) is 6.97. The van der Waals surface area contributed by atoms with Crippen LogP contribution in [0.3, 0.4) is 0 Å². The Balaban J connectivity index is 1.56. The smallest absolute Gasteiger partial charge is 0.168 e. The number of allylic oxidation sites excluding steroid dienone is 3. The van der Waals surface area contributed by atoms with Gasteiger partial charge < -0.3 is 15.2 Å². The Labute approximate surface area is 121 Å². The van der Waals surface area contributed by atoms with Gasteiger partial charge in [-0.3, -0.25) is 0 Å². The number of hydrogen-bond acceptors (Lipinski definition) is 3. The molecule has 0 aromatic heterocycles. The zero-order valence-corrected chi connectivity index (χ0v) is 12.1. The van der Waals surface area contributed by atoms with Crippen molar-refractivity contribution in [1.29, 1.82) is 0 Å². The third-order valence-corrected chi connectivity index (χ3v) is 5.87. The molecule has 0 amide bonds. The Hall–Kier alpha value is -0.800. The van der Waals surface area contributed by atoms with Crippen LogP contribution in [0.25, 0.3) is 0 Å². The summed E-state index contributed by atoms with van der Waals surface area (Å²) < 4.78 is 11.9. The van der Waals surface area contributed by atoms with Gasteiger partial charge in [0.25, 0.3) is 0 Å². The highest BCUT2D eigenvalue weighted by Gasteiger charge is 2.48. The highest BCUT2D eigenvalue weighted by Crippen LogP contribution is 2.51. The lowest BCUT2D eigenvalue weighted by Crippen LogP contribution is -2.42. The third-order valence-electron chi connectivity index (χ3n) is 5.87. The van der Waals surface area contributed by atoms with E-state index in [4.69, 9.17) is 15.2 Å². The SMILES string of the molecule is NC1=CC2CCCC3CC4(CCC3C2C=C1)OCCO4. The van der Waals surface area contributed by atoms with Crippen LogP contribution >= 0.6 is 0 Å². The van der Waals surface area contributed by atoms with E-state index in [0.717, 1.165) is 43.6 Å². The van der Waals surface area contributed by atoms with Crippen LogP contribution in [0.1, 0.15) is 38.5 Å². The van der Waals surface area contributed by atoms with Gasteiger partial charge in [-0.1, -0.05) is 18.6 Å². The molecular formula is C17H25NO2. The number of fused-ring (bicyclic) bond motifs is 3. The molecule has 0 aromatic carbocycles. The molecule has 1 spiro atoms. The summed E-state index contributed by atoms with van der Waals surface area (Å²) in [5.41, 5.74) is 6.95. The lowest BCUT2D eigenvalue weighted by molar-refractivity contribution is -0.197. The molecule has 1 saturated heterocycles. The van der Waals surface area contributed by atoms with Gasteiger partial charge in [-0.25, -0.2) is 0 Å². The van der Waals surface area contributed by atoms with Gasteiger partial charge in [-0.15, -0.1) is 0 Å². The Bertz CT molecular complexity index is 436. The van der Waals surface area contributed by atoms with E-state index in [1.807, 2.05) is 0 Å².